The number of carbonyl (C=O) groups is 1. The molecule has 0 aromatic carbocycles. The van der Waals surface area contributed by atoms with Crippen molar-refractivity contribution in [2.75, 3.05) is 26.2 Å². The molecule has 2 heterocycles. The summed E-state index contributed by atoms with van der Waals surface area (Å²) in [5.74, 6) is 0.0586. The molecular weight excluding hydrogens is 248 g/mol. The van der Waals surface area contributed by atoms with Crippen LogP contribution < -0.4 is 5.73 Å². The van der Waals surface area contributed by atoms with Crippen molar-refractivity contribution in [2.45, 2.75) is 26.4 Å². The van der Waals surface area contributed by atoms with Gasteiger partial charge in [0.15, 0.2) is 0 Å². The normalized spacial score (nSPS) is 18.9. The van der Waals surface area contributed by atoms with Crippen LogP contribution in [0.2, 0.25) is 0 Å². The van der Waals surface area contributed by atoms with Crippen LogP contribution in [0.15, 0.2) is 6.20 Å². The third kappa shape index (κ3) is 3.28. The largest absolute Gasteiger partial charge is 0.339 e. The Kier molecular flexibility index (Phi) is 4.31. The van der Waals surface area contributed by atoms with Crippen molar-refractivity contribution < 1.29 is 4.79 Å². The molecule has 1 aliphatic heterocycles. The fourth-order valence-electron chi connectivity index (χ4n) is 2.11. The van der Waals surface area contributed by atoms with Gasteiger partial charge in [-0.1, -0.05) is 0 Å². The monoisotopic (exact) mass is 268 g/mol. The lowest BCUT2D eigenvalue weighted by Crippen LogP contribution is -2.52. The summed E-state index contributed by atoms with van der Waals surface area (Å²) in [5, 5.41) is 1.11. The summed E-state index contributed by atoms with van der Waals surface area (Å²) < 4.78 is 0. The zero-order valence-corrected chi connectivity index (χ0v) is 11.7. The Morgan fingerprint density at radius 3 is 2.67 bits per heavy atom. The first-order chi connectivity index (χ1) is 8.56. The maximum atomic E-state index is 11.7. The molecule has 2 N–H and O–H groups in total. The van der Waals surface area contributed by atoms with E-state index in [2.05, 4.69) is 9.88 Å². The maximum Gasteiger partial charge on any atom is 0.239 e. The molecule has 1 aliphatic rings. The molecular formula is C12H20N4OS. The average molecular weight is 268 g/mol. The van der Waals surface area contributed by atoms with Gasteiger partial charge < -0.3 is 10.6 Å². The van der Waals surface area contributed by atoms with Gasteiger partial charge in [-0.3, -0.25) is 9.69 Å². The molecule has 1 atom stereocenters. The second kappa shape index (κ2) is 5.77. The first-order valence-electron chi connectivity index (χ1n) is 6.24. The minimum absolute atomic E-state index is 0.0586. The molecule has 6 heteroatoms. The molecule has 1 unspecified atom stereocenters. The molecule has 1 aromatic heterocycles. The summed E-state index contributed by atoms with van der Waals surface area (Å²) in [6.07, 6.45) is 1.94. The second-order valence-corrected chi connectivity index (χ2v) is 6.06. The van der Waals surface area contributed by atoms with Gasteiger partial charge in [-0.05, 0) is 13.8 Å². The van der Waals surface area contributed by atoms with Gasteiger partial charge in [0.25, 0.3) is 0 Å². The molecule has 0 radical (unpaired) electrons. The number of nitrogens with zero attached hydrogens (tertiary/aromatic N) is 3. The molecule has 1 amide bonds. The summed E-state index contributed by atoms with van der Waals surface area (Å²) in [7, 11) is 0. The van der Waals surface area contributed by atoms with Gasteiger partial charge in [0.05, 0.1) is 11.0 Å². The van der Waals surface area contributed by atoms with Crippen LogP contribution >= 0.6 is 11.3 Å². The van der Waals surface area contributed by atoms with Crippen molar-refractivity contribution in [3.05, 3.63) is 16.1 Å². The van der Waals surface area contributed by atoms with Crippen molar-refractivity contribution in [3.8, 4) is 0 Å². The van der Waals surface area contributed by atoms with E-state index >= 15 is 0 Å². The molecule has 0 aliphatic carbocycles. The van der Waals surface area contributed by atoms with E-state index in [9.17, 15) is 4.79 Å². The van der Waals surface area contributed by atoms with Crippen LogP contribution in [-0.4, -0.2) is 52.9 Å². The van der Waals surface area contributed by atoms with E-state index in [-0.39, 0.29) is 11.9 Å². The minimum Gasteiger partial charge on any atom is -0.339 e. The van der Waals surface area contributed by atoms with E-state index < -0.39 is 0 Å². The molecule has 0 bridgehead atoms. The number of nitrogens with two attached hydrogens (primary N) is 1. The van der Waals surface area contributed by atoms with Crippen LogP contribution in [0.25, 0.3) is 0 Å². The predicted octanol–water partition coefficient (Wildman–Crippen LogP) is 0.443. The zero-order valence-electron chi connectivity index (χ0n) is 10.9. The van der Waals surface area contributed by atoms with E-state index in [0.29, 0.717) is 0 Å². The summed E-state index contributed by atoms with van der Waals surface area (Å²) in [6.45, 7) is 8.08. The number of carbonyl (C=O) groups excluding carboxylic acids is 1. The highest BCUT2D eigenvalue weighted by atomic mass is 32.1. The third-order valence-corrected chi connectivity index (χ3v) is 4.02. The number of aryl methyl sites for hydroxylation is 1. The standard InChI is InChI=1S/C12H20N4OS/c1-9(13)12(17)16-5-3-15(4-6-16)8-11-7-14-10(2)18-11/h7,9H,3-6,8,13H2,1-2H3. The van der Waals surface area contributed by atoms with Gasteiger partial charge in [-0.2, -0.15) is 0 Å². The summed E-state index contributed by atoms with van der Waals surface area (Å²) in [6, 6.07) is -0.388. The Hall–Kier alpha value is -0.980. The van der Waals surface area contributed by atoms with Crippen LogP contribution in [0, 0.1) is 6.92 Å². The number of amides is 1. The number of thiazole rings is 1. The summed E-state index contributed by atoms with van der Waals surface area (Å²) >= 11 is 1.74. The van der Waals surface area contributed by atoms with Crippen molar-refractivity contribution in [2.24, 2.45) is 5.73 Å². The van der Waals surface area contributed by atoms with Crippen molar-refractivity contribution in [1.82, 2.24) is 14.8 Å². The van der Waals surface area contributed by atoms with Crippen LogP contribution in [0.3, 0.4) is 0 Å². The Labute approximate surface area is 112 Å². The van der Waals surface area contributed by atoms with Crippen LogP contribution in [0.5, 0.6) is 0 Å². The number of aromatic nitrogens is 1. The topological polar surface area (TPSA) is 62.5 Å². The molecule has 0 spiro atoms. The molecule has 18 heavy (non-hydrogen) atoms. The SMILES string of the molecule is Cc1ncc(CN2CCN(C(=O)C(C)N)CC2)s1. The maximum absolute atomic E-state index is 11.7. The number of piperazine rings is 1. The van der Waals surface area contributed by atoms with Crippen LogP contribution in [0.4, 0.5) is 0 Å². The first kappa shape index (κ1) is 13.5. The fraction of sp³-hybridized carbons (Fsp3) is 0.667. The van der Waals surface area contributed by atoms with E-state index in [1.165, 1.54) is 4.88 Å². The summed E-state index contributed by atoms with van der Waals surface area (Å²) in [4.78, 5) is 21.5. The Morgan fingerprint density at radius 2 is 2.17 bits per heavy atom. The average Bonchev–Trinajstić information content (AvgIpc) is 2.75. The number of hydrogen-bond acceptors (Lipinski definition) is 5. The van der Waals surface area contributed by atoms with Gasteiger partial charge >= 0.3 is 0 Å². The fourth-order valence-corrected chi connectivity index (χ4v) is 2.95. The molecule has 5 nitrogen and oxygen atoms in total. The van der Waals surface area contributed by atoms with Crippen LogP contribution in [-0.2, 0) is 11.3 Å². The van der Waals surface area contributed by atoms with Gasteiger partial charge in [0.2, 0.25) is 5.91 Å². The number of rotatable bonds is 3. The quantitative estimate of drug-likeness (QED) is 0.864. The molecule has 1 saturated heterocycles. The van der Waals surface area contributed by atoms with E-state index in [0.717, 1.165) is 37.7 Å². The zero-order chi connectivity index (χ0) is 13.1. The van der Waals surface area contributed by atoms with E-state index in [1.807, 2.05) is 18.0 Å². The Bertz CT molecular complexity index is 410. The second-order valence-electron chi connectivity index (χ2n) is 4.74. The Balaban J connectivity index is 1.82. The smallest absolute Gasteiger partial charge is 0.239 e. The van der Waals surface area contributed by atoms with Crippen molar-refractivity contribution in [1.29, 1.82) is 0 Å². The summed E-state index contributed by atoms with van der Waals surface area (Å²) in [5.41, 5.74) is 5.62. The lowest BCUT2D eigenvalue weighted by atomic mass is 10.2. The van der Waals surface area contributed by atoms with Crippen LogP contribution in [0.1, 0.15) is 16.8 Å². The molecule has 100 valence electrons. The van der Waals surface area contributed by atoms with E-state index in [4.69, 9.17) is 5.73 Å². The first-order valence-corrected chi connectivity index (χ1v) is 7.06. The number of hydrogen-bond donors (Lipinski definition) is 1. The molecule has 1 fully saturated rings. The highest BCUT2D eigenvalue weighted by Gasteiger charge is 2.23. The highest BCUT2D eigenvalue weighted by molar-refractivity contribution is 7.11. The molecule has 2 rings (SSSR count). The van der Waals surface area contributed by atoms with Crippen molar-refractivity contribution in [3.63, 3.8) is 0 Å². The van der Waals surface area contributed by atoms with Gasteiger partial charge in [-0.25, -0.2) is 4.98 Å². The molecule has 1 aromatic rings. The van der Waals surface area contributed by atoms with Gasteiger partial charge in [-0.15, -0.1) is 11.3 Å². The highest BCUT2D eigenvalue weighted by Crippen LogP contribution is 2.15. The Morgan fingerprint density at radius 1 is 1.50 bits per heavy atom. The molecule has 0 saturated carbocycles. The third-order valence-electron chi connectivity index (χ3n) is 3.12. The van der Waals surface area contributed by atoms with Gasteiger partial charge in [0.1, 0.15) is 0 Å². The predicted molar refractivity (Wildman–Crippen MR) is 72.4 cm³/mol. The lowest BCUT2D eigenvalue weighted by Gasteiger charge is -2.35. The lowest BCUT2D eigenvalue weighted by molar-refractivity contribution is -0.134. The van der Waals surface area contributed by atoms with E-state index in [1.54, 1.807) is 18.3 Å². The minimum atomic E-state index is -0.388. The van der Waals surface area contributed by atoms with Gasteiger partial charge in [0, 0.05) is 43.8 Å². The van der Waals surface area contributed by atoms with Crippen molar-refractivity contribution >= 4 is 17.2 Å².